The molecule has 1 atom stereocenters. The summed E-state index contributed by atoms with van der Waals surface area (Å²) in [5, 5.41) is 0. The van der Waals surface area contributed by atoms with Gasteiger partial charge in [-0.25, -0.2) is 4.79 Å². The second-order valence-corrected chi connectivity index (χ2v) is 4.45. The Kier molecular flexibility index (Phi) is 2.76. The van der Waals surface area contributed by atoms with Crippen molar-refractivity contribution in [3.05, 3.63) is 35.4 Å². The van der Waals surface area contributed by atoms with Crippen molar-refractivity contribution in [1.82, 2.24) is 0 Å². The van der Waals surface area contributed by atoms with Crippen molar-refractivity contribution < 1.29 is 9.53 Å². The van der Waals surface area contributed by atoms with Crippen LogP contribution in [0.3, 0.4) is 0 Å². The lowest BCUT2D eigenvalue weighted by Gasteiger charge is -2.11. The molecule has 2 rings (SSSR count). The van der Waals surface area contributed by atoms with E-state index in [-0.39, 0.29) is 12.1 Å². The Labute approximate surface area is 90.3 Å². The van der Waals surface area contributed by atoms with Crippen LogP contribution in [0.25, 0.3) is 0 Å². The van der Waals surface area contributed by atoms with E-state index in [4.69, 9.17) is 4.74 Å². The fourth-order valence-corrected chi connectivity index (χ4v) is 1.92. The highest BCUT2D eigenvalue weighted by Crippen LogP contribution is 2.34. The molecule has 1 aliphatic rings. The van der Waals surface area contributed by atoms with E-state index in [0.29, 0.717) is 5.92 Å². The van der Waals surface area contributed by atoms with E-state index in [1.807, 2.05) is 24.3 Å². The maximum atomic E-state index is 11.5. The van der Waals surface area contributed by atoms with Gasteiger partial charge in [0.15, 0.2) is 0 Å². The molecule has 0 aliphatic carbocycles. The van der Waals surface area contributed by atoms with Crippen molar-refractivity contribution in [3.8, 4) is 0 Å². The first kappa shape index (κ1) is 10.2. The van der Waals surface area contributed by atoms with Gasteiger partial charge < -0.3 is 4.74 Å². The van der Waals surface area contributed by atoms with E-state index in [2.05, 4.69) is 13.8 Å². The van der Waals surface area contributed by atoms with Gasteiger partial charge in [0.2, 0.25) is 0 Å². The quantitative estimate of drug-likeness (QED) is 0.706. The average molecular weight is 204 g/mol. The van der Waals surface area contributed by atoms with Gasteiger partial charge in [-0.05, 0) is 24.8 Å². The summed E-state index contributed by atoms with van der Waals surface area (Å²) in [5.74, 6) is 0.482. The maximum Gasteiger partial charge on any atom is 0.339 e. The Morgan fingerprint density at radius 2 is 2.07 bits per heavy atom. The number of hydrogen-bond donors (Lipinski definition) is 0. The van der Waals surface area contributed by atoms with Crippen molar-refractivity contribution in [3.63, 3.8) is 0 Å². The SMILES string of the molecule is CC(C)CC[C@H]1OC(=O)c2ccccc21. The number of carbonyl (C=O) groups excluding carboxylic acids is 1. The van der Waals surface area contributed by atoms with Crippen LogP contribution in [0.4, 0.5) is 0 Å². The zero-order chi connectivity index (χ0) is 10.8. The van der Waals surface area contributed by atoms with Crippen LogP contribution in [0.2, 0.25) is 0 Å². The van der Waals surface area contributed by atoms with Crippen LogP contribution in [0.15, 0.2) is 24.3 Å². The van der Waals surface area contributed by atoms with Crippen molar-refractivity contribution in [2.24, 2.45) is 5.92 Å². The van der Waals surface area contributed by atoms with Gasteiger partial charge in [-0.3, -0.25) is 0 Å². The number of rotatable bonds is 3. The number of hydrogen-bond acceptors (Lipinski definition) is 2. The standard InChI is InChI=1S/C13H16O2/c1-9(2)7-8-12-10-5-3-4-6-11(10)13(14)15-12/h3-6,9,12H,7-8H2,1-2H3/t12-/m1/s1. The minimum absolute atomic E-state index is 0.0175. The summed E-state index contributed by atoms with van der Waals surface area (Å²) >= 11 is 0. The first-order valence-corrected chi connectivity index (χ1v) is 5.48. The summed E-state index contributed by atoms with van der Waals surface area (Å²) in [7, 11) is 0. The molecular weight excluding hydrogens is 188 g/mol. The summed E-state index contributed by atoms with van der Waals surface area (Å²) in [4.78, 5) is 11.5. The van der Waals surface area contributed by atoms with Gasteiger partial charge in [0.05, 0.1) is 5.56 Å². The minimum Gasteiger partial charge on any atom is -0.454 e. The van der Waals surface area contributed by atoms with Crippen LogP contribution >= 0.6 is 0 Å². The molecular formula is C13H16O2. The summed E-state index contributed by atoms with van der Waals surface area (Å²) in [6.07, 6.45) is 2.00. The molecule has 80 valence electrons. The third-order valence-electron chi connectivity index (χ3n) is 2.78. The molecule has 0 fully saturated rings. The molecule has 2 heteroatoms. The fourth-order valence-electron chi connectivity index (χ4n) is 1.92. The maximum absolute atomic E-state index is 11.5. The summed E-state index contributed by atoms with van der Waals surface area (Å²) in [5.41, 5.74) is 1.80. The Hall–Kier alpha value is -1.31. The Bertz CT molecular complexity index is 369. The number of ether oxygens (including phenoxy) is 1. The number of carbonyl (C=O) groups is 1. The molecule has 0 amide bonds. The van der Waals surface area contributed by atoms with Gasteiger partial charge in [-0.15, -0.1) is 0 Å². The third-order valence-corrected chi connectivity index (χ3v) is 2.78. The fraction of sp³-hybridized carbons (Fsp3) is 0.462. The molecule has 0 unspecified atom stereocenters. The zero-order valence-corrected chi connectivity index (χ0v) is 9.19. The van der Waals surface area contributed by atoms with Crippen molar-refractivity contribution in [2.45, 2.75) is 32.8 Å². The monoisotopic (exact) mass is 204 g/mol. The normalized spacial score (nSPS) is 19.1. The highest BCUT2D eigenvalue weighted by atomic mass is 16.5. The minimum atomic E-state index is -0.167. The van der Waals surface area contributed by atoms with Crippen molar-refractivity contribution in [2.75, 3.05) is 0 Å². The molecule has 1 heterocycles. The van der Waals surface area contributed by atoms with Crippen LogP contribution in [0, 0.1) is 5.92 Å². The number of cyclic esters (lactones) is 1. The average Bonchev–Trinajstić information content (AvgIpc) is 2.54. The first-order chi connectivity index (χ1) is 7.18. The van der Waals surface area contributed by atoms with Crippen LogP contribution in [-0.2, 0) is 4.74 Å². The molecule has 0 saturated heterocycles. The van der Waals surface area contributed by atoms with E-state index in [1.165, 1.54) is 0 Å². The smallest absolute Gasteiger partial charge is 0.339 e. The highest BCUT2D eigenvalue weighted by molar-refractivity contribution is 5.93. The molecule has 1 aromatic carbocycles. The zero-order valence-electron chi connectivity index (χ0n) is 9.19. The topological polar surface area (TPSA) is 26.3 Å². The number of esters is 1. The molecule has 0 aromatic heterocycles. The molecule has 0 spiro atoms. The van der Waals surface area contributed by atoms with Gasteiger partial charge in [0, 0.05) is 5.56 Å². The van der Waals surface area contributed by atoms with Crippen molar-refractivity contribution >= 4 is 5.97 Å². The van der Waals surface area contributed by atoms with Crippen LogP contribution in [-0.4, -0.2) is 5.97 Å². The Balaban J connectivity index is 2.14. The van der Waals surface area contributed by atoms with Gasteiger partial charge in [-0.1, -0.05) is 32.0 Å². The van der Waals surface area contributed by atoms with Gasteiger partial charge in [-0.2, -0.15) is 0 Å². The summed E-state index contributed by atoms with van der Waals surface area (Å²) in [6.45, 7) is 4.37. The van der Waals surface area contributed by atoms with E-state index in [0.717, 1.165) is 24.0 Å². The lowest BCUT2D eigenvalue weighted by atomic mass is 9.98. The number of fused-ring (bicyclic) bond motifs is 1. The van der Waals surface area contributed by atoms with Crippen LogP contribution < -0.4 is 0 Å². The molecule has 15 heavy (non-hydrogen) atoms. The van der Waals surface area contributed by atoms with Crippen LogP contribution in [0.5, 0.6) is 0 Å². The van der Waals surface area contributed by atoms with Crippen LogP contribution in [0.1, 0.15) is 48.7 Å². The van der Waals surface area contributed by atoms with E-state index < -0.39 is 0 Å². The second kappa shape index (κ2) is 4.05. The molecule has 1 aliphatic heterocycles. The predicted octanol–water partition coefficient (Wildman–Crippen LogP) is 3.33. The largest absolute Gasteiger partial charge is 0.454 e. The first-order valence-electron chi connectivity index (χ1n) is 5.48. The van der Waals surface area contributed by atoms with Gasteiger partial charge in [0.1, 0.15) is 6.10 Å². The molecule has 0 radical (unpaired) electrons. The molecule has 0 N–H and O–H groups in total. The van der Waals surface area contributed by atoms with E-state index in [9.17, 15) is 4.79 Å². The lowest BCUT2D eigenvalue weighted by molar-refractivity contribution is 0.0357. The van der Waals surface area contributed by atoms with E-state index >= 15 is 0 Å². The highest BCUT2D eigenvalue weighted by Gasteiger charge is 2.29. The lowest BCUT2D eigenvalue weighted by Crippen LogP contribution is -2.00. The third kappa shape index (κ3) is 2.04. The van der Waals surface area contributed by atoms with Gasteiger partial charge in [0.25, 0.3) is 0 Å². The number of benzene rings is 1. The van der Waals surface area contributed by atoms with Crippen molar-refractivity contribution in [1.29, 1.82) is 0 Å². The van der Waals surface area contributed by atoms with Gasteiger partial charge >= 0.3 is 5.97 Å². The summed E-state index contributed by atoms with van der Waals surface area (Å²) < 4.78 is 5.34. The van der Waals surface area contributed by atoms with E-state index in [1.54, 1.807) is 0 Å². The predicted molar refractivity (Wildman–Crippen MR) is 58.7 cm³/mol. The summed E-state index contributed by atoms with van der Waals surface area (Å²) in [6, 6.07) is 7.67. The molecule has 0 bridgehead atoms. The second-order valence-electron chi connectivity index (χ2n) is 4.45. The Morgan fingerprint density at radius 1 is 1.33 bits per heavy atom. The Morgan fingerprint density at radius 3 is 2.80 bits per heavy atom. The molecule has 0 saturated carbocycles. The molecule has 1 aromatic rings. The molecule has 2 nitrogen and oxygen atoms in total.